The molecule has 12 heavy (non-hydrogen) atoms. The van der Waals surface area contributed by atoms with Gasteiger partial charge in [-0.15, -0.1) is 0 Å². The van der Waals surface area contributed by atoms with E-state index in [0.29, 0.717) is 0 Å². The first kappa shape index (κ1) is 9.07. The van der Waals surface area contributed by atoms with Gasteiger partial charge in [0.2, 0.25) is 0 Å². The summed E-state index contributed by atoms with van der Waals surface area (Å²) in [7, 11) is 0. The van der Waals surface area contributed by atoms with Crippen LogP contribution in [-0.4, -0.2) is 11.7 Å². The molecule has 0 aliphatic rings. The summed E-state index contributed by atoms with van der Waals surface area (Å²) in [5.74, 6) is 0.997. The SMILES string of the molecule is CC(=CCCc1ccco1)CO. The minimum atomic E-state index is 0.151. The van der Waals surface area contributed by atoms with Gasteiger partial charge in [-0.25, -0.2) is 0 Å². The number of aliphatic hydroxyl groups is 1. The van der Waals surface area contributed by atoms with Gasteiger partial charge in [-0.3, -0.25) is 0 Å². The largest absolute Gasteiger partial charge is 0.469 e. The Kier molecular flexibility index (Phi) is 3.61. The maximum absolute atomic E-state index is 8.70. The molecular formula is C10H14O2. The van der Waals surface area contributed by atoms with Gasteiger partial charge in [0.1, 0.15) is 5.76 Å². The van der Waals surface area contributed by atoms with Gasteiger partial charge < -0.3 is 9.52 Å². The van der Waals surface area contributed by atoms with Gasteiger partial charge >= 0.3 is 0 Å². The van der Waals surface area contributed by atoms with Crippen LogP contribution in [0.2, 0.25) is 0 Å². The highest BCUT2D eigenvalue weighted by molar-refractivity contribution is 5.03. The van der Waals surface area contributed by atoms with Crippen molar-refractivity contribution in [3.8, 4) is 0 Å². The minimum Gasteiger partial charge on any atom is -0.469 e. The molecule has 1 aromatic rings. The molecule has 1 heterocycles. The van der Waals surface area contributed by atoms with Crippen molar-refractivity contribution in [2.45, 2.75) is 19.8 Å². The van der Waals surface area contributed by atoms with Gasteiger partial charge in [-0.1, -0.05) is 11.6 Å². The van der Waals surface area contributed by atoms with Gasteiger partial charge in [0.25, 0.3) is 0 Å². The van der Waals surface area contributed by atoms with E-state index >= 15 is 0 Å². The normalized spacial score (nSPS) is 12.0. The highest BCUT2D eigenvalue weighted by atomic mass is 16.3. The number of hydrogen-bond donors (Lipinski definition) is 1. The van der Waals surface area contributed by atoms with Crippen LogP contribution in [0.1, 0.15) is 19.1 Å². The Balaban J connectivity index is 2.28. The van der Waals surface area contributed by atoms with Crippen LogP contribution in [-0.2, 0) is 6.42 Å². The molecule has 0 radical (unpaired) electrons. The van der Waals surface area contributed by atoms with Crippen LogP contribution in [0.25, 0.3) is 0 Å². The molecular weight excluding hydrogens is 152 g/mol. The Morgan fingerprint density at radius 3 is 3.08 bits per heavy atom. The van der Waals surface area contributed by atoms with Crippen molar-refractivity contribution in [2.75, 3.05) is 6.61 Å². The summed E-state index contributed by atoms with van der Waals surface area (Å²) in [6.45, 7) is 2.07. The minimum absolute atomic E-state index is 0.151. The van der Waals surface area contributed by atoms with Crippen LogP contribution < -0.4 is 0 Å². The molecule has 2 heteroatoms. The smallest absolute Gasteiger partial charge is 0.104 e. The number of hydrogen-bond acceptors (Lipinski definition) is 2. The molecule has 1 rings (SSSR count). The third-order valence-corrected chi connectivity index (χ3v) is 1.71. The number of allylic oxidation sites excluding steroid dienone is 1. The van der Waals surface area contributed by atoms with Gasteiger partial charge in [0, 0.05) is 6.42 Å². The van der Waals surface area contributed by atoms with E-state index in [4.69, 9.17) is 9.52 Å². The fraction of sp³-hybridized carbons (Fsp3) is 0.400. The lowest BCUT2D eigenvalue weighted by molar-refractivity contribution is 0.331. The number of aryl methyl sites for hydroxylation is 1. The molecule has 0 spiro atoms. The molecule has 1 aromatic heterocycles. The van der Waals surface area contributed by atoms with Crippen molar-refractivity contribution in [1.82, 2.24) is 0 Å². The van der Waals surface area contributed by atoms with E-state index in [9.17, 15) is 0 Å². The molecule has 0 aliphatic carbocycles. The molecule has 0 amide bonds. The average molecular weight is 166 g/mol. The van der Waals surface area contributed by atoms with Crippen LogP contribution in [0.3, 0.4) is 0 Å². The molecule has 0 aromatic carbocycles. The van der Waals surface area contributed by atoms with E-state index in [1.54, 1.807) is 6.26 Å². The van der Waals surface area contributed by atoms with E-state index < -0.39 is 0 Å². The van der Waals surface area contributed by atoms with E-state index in [1.807, 2.05) is 25.1 Å². The van der Waals surface area contributed by atoms with Crippen LogP contribution in [0.5, 0.6) is 0 Å². The Labute approximate surface area is 72.5 Å². The molecule has 0 fully saturated rings. The van der Waals surface area contributed by atoms with Crippen molar-refractivity contribution in [3.05, 3.63) is 35.8 Å². The maximum atomic E-state index is 8.70. The second kappa shape index (κ2) is 4.78. The van der Waals surface area contributed by atoms with Gasteiger partial charge in [-0.2, -0.15) is 0 Å². The Bertz CT molecular complexity index is 234. The third kappa shape index (κ3) is 2.93. The van der Waals surface area contributed by atoms with Gasteiger partial charge in [0.05, 0.1) is 12.9 Å². The van der Waals surface area contributed by atoms with E-state index in [1.165, 1.54) is 0 Å². The van der Waals surface area contributed by atoms with Crippen LogP contribution in [0.15, 0.2) is 34.5 Å². The number of rotatable bonds is 4. The first-order valence-corrected chi connectivity index (χ1v) is 4.12. The zero-order valence-corrected chi connectivity index (χ0v) is 7.29. The zero-order valence-electron chi connectivity index (χ0n) is 7.29. The lowest BCUT2D eigenvalue weighted by Crippen LogP contribution is -1.85. The molecule has 1 N–H and O–H groups in total. The summed E-state index contributed by atoms with van der Waals surface area (Å²) in [6, 6.07) is 3.85. The van der Waals surface area contributed by atoms with Crippen LogP contribution >= 0.6 is 0 Å². The summed E-state index contributed by atoms with van der Waals surface area (Å²) in [4.78, 5) is 0. The summed E-state index contributed by atoms with van der Waals surface area (Å²) < 4.78 is 5.16. The predicted octanol–water partition coefficient (Wildman–Crippen LogP) is 2.15. The second-order valence-electron chi connectivity index (χ2n) is 2.83. The Morgan fingerprint density at radius 2 is 2.50 bits per heavy atom. The number of furan rings is 1. The second-order valence-corrected chi connectivity index (χ2v) is 2.83. The molecule has 0 saturated heterocycles. The van der Waals surface area contributed by atoms with Crippen LogP contribution in [0, 0.1) is 0 Å². The van der Waals surface area contributed by atoms with E-state index in [0.717, 1.165) is 24.2 Å². The molecule has 66 valence electrons. The molecule has 0 bridgehead atoms. The summed E-state index contributed by atoms with van der Waals surface area (Å²) >= 11 is 0. The topological polar surface area (TPSA) is 33.4 Å². The molecule has 0 saturated carbocycles. The molecule has 0 unspecified atom stereocenters. The lowest BCUT2D eigenvalue weighted by atomic mass is 10.2. The number of aliphatic hydroxyl groups excluding tert-OH is 1. The van der Waals surface area contributed by atoms with Crippen molar-refractivity contribution in [1.29, 1.82) is 0 Å². The fourth-order valence-corrected chi connectivity index (χ4v) is 0.980. The molecule has 0 atom stereocenters. The van der Waals surface area contributed by atoms with E-state index in [-0.39, 0.29) is 6.61 Å². The van der Waals surface area contributed by atoms with Gasteiger partial charge in [0.15, 0.2) is 0 Å². The summed E-state index contributed by atoms with van der Waals surface area (Å²) in [5, 5.41) is 8.70. The van der Waals surface area contributed by atoms with Crippen molar-refractivity contribution < 1.29 is 9.52 Å². The van der Waals surface area contributed by atoms with Crippen molar-refractivity contribution in [2.24, 2.45) is 0 Å². The Morgan fingerprint density at radius 1 is 1.67 bits per heavy atom. The van der Waals surface area contributed by atoms with Crippen molar-refractivity contribution >= 4 is 0 Å². The summed E-state index contributed by atoms with van der Waals surface area (Å²) in [6.07, 6.45) is 5.55. The Hall–Kier alpha value is -1.02. The standard InChI is InChI=1S/C10H14O2/c1-9(8-11)4-2-5-10-6-3-7-12-10/h3-4,6-7,11H,2,5,8H2,1H3. The van der Waals surface area contributed by atoms with Gasteiger partial charge in [-0.05, 0) is 25.5 Å². The monoisotopic (exact) mass is 166 g/mol. The third-order valence-electron chi connectivity index (χ3n) is 1.71. The van der Waals surface area contributed by atoms with E-state index in [2.05, 4.69) is 0 Å². The zero-order chi connectivity index (χ0) is 8.81. The first-order valence-electron chi connectivity index (χ1n) is 4.12. The molecule has 2 nitrogen and oxygen atoms in total. The van der Waals surface area contributed by atoms with Crippen molar-refractivity contribution in [3.63, 3.8) is 0 Å². The first-order chi connectivity index (χ1) is 5.83. The lowest BCUT2D eigenvalue weighted by Gasteiger charge is -1.94. The maximum Gasteiger partial charge on any atom is 0.104 e. The average Bonchev–Trinajstić information content (AvgIpc) is 2.57. The highest BCUT2D eigenvalue weighted by Gasteiger charge is 1.92. The summed E-state index contributed by atoms with van der Waals surface area (Å²) in [5.41, 5.74) is 1.02. The fourth-order valence-electron chi connectivity index (χ4n) is 0.980. The molecule has 0 aliphatic heterocycles. The highest BCUT2D eigenvalue weighted by Crippen LogP contribution is 2.05. The predicted molar refractivity (Wildman–Crippen MR) is 47.9 cm³/mol. The quantitative estimate of drug-likeness (QED) is 0.695. The van der Waals surface area contributed by atoms with Crippen LogP contribution in [0.4, 0.5) is 0 Å².